The van der Waals surface area contributed by atoms with Crippen molar-refractivity contribution in [2.24, 2.45) is 11.8 Å². The molecule has 0 radical (unpaired) electrons. The molecule has 10 aromatic carbocycles. The van der Waals surface area contributed by atoms with Crippen LogP contribution in [0.3, 0.4) is 0 Å². The molecule has 1 heteroatoms. The molecule has 2 bridgehead atoms. The fourth-order valence-corrected chi connectivity index (χ4v) is 14.1. The lowest BCUT2D eigenvalue weighted by atomic mass is 9.67. The van der Waals surface area contributed by atoms with E-state index in [0.29, 0.717) is 5.92 Å². The third-order valence-corrected chi connectivity index (χ3v) is 16.9. The highest BCUT2D eigenvalue weighted by Crippen LogP contribution is 2.66. The van der Waals surface area contributed by atoms with Crippen LogP contribution in [0.5, 0.6) is 0 Å². The molecule has 1 nitrogen and oxygen atoms in total. The SMILES string of the molecule is CC1(C)c2ccccc2-c2cccc(-c3ccccc3-c3ccc(N(c4ccc5c(c4)C4(CC6CCC4C6)c4ccccc4-5)c4ccccc4-c4cccc5cccc(-c6ccccc6)c45)cc3)c21. The van der Waals surface area contributed by atoms with E-state index in [1.165, 1.54) is 131 Å². The minimum Gasteiger partial charge on any atom is -0.310 e. The molecule has 0 saturated heterocycles. The molecule has 0 N–H and O–H groups in total. The van der Waals surface area contributed by atoms with Gasteiger partial charge in [-0.2, -0.15) is 0 Å². The summed E-state index contributed by atoms with van der Waals surface area (Å²) in [5.74, 6) is 1.48. The first-order valence-electron chi connectivity index (χ1n) is 25.1. The molecular formula is C68H53N. The van der Waals surface area contributed by atoms with E-state index in [9.17, 15) is 0 Å². The van der Waals surface area contributed by atoms with Gasteiger partial charge in [-0.05, 0) is 156 Å². The molecule has 2 saturated carbocycles. The molecule has 2 fully saturated rings. The number of nitrogens with zero attached hydrogens (tertiary/aromatic N) is 1. The molecule has 0 aliphatic heterocycles. The summed E-state index contributed by atoms with van der Waals surface area (Å²) in [6.07, 6.45) is 5.28. The predicted octanol–water partition coefficient (Wildman–Crippen LogP) is 18.4. The summed E-state index contributed by atoms with van der Waals surface area (Å²) in [4.78, 5) is 2.56. The fraction of sp³-hybridized carbons (Fsp3) is 0.147. The maximum Gasteiger partial charge on any atom is 0.0540 e. The lowest BCUT2D eigenvalue weighted by molar-refractivity contribution is 0.327. The Morgan fingerprint density at radius 2 is 0.942 bits per heavy atom. The van der Waals surface area contributed by atoms with Gasteiger partial charge in [0.25, 0.3) is 0 Å². The van der Waals surface area contributed by atoms with E-state index >= 15 is 0 Å². The van der Waals surface area contributed by atoms with Crippen LogP contribution in [0.15, 0.2) is 224 Å². The third-order valence-electron chi connectivity index (χ3n) is 16.9. The van der Waals surface area contributed by atoms with Crippen molar-refractivity contribution in [3.63, 3.8) is 0 Å². The Morgan fingerprint density at radius 3 is 1.68 bits per heavy atom. The third kappa shape index (κ3) is 5.96. The summed E-state index contributed by atoms with van der Waals surface area (Å²) in [7, 11) is 0. The normalized spacial score (nSPS) is 18.8. The number of rotatable bonds is 7. The van der Waals surface area contributed by atoms with E-state index in [1.807, 2.05) is 0 Å². The van der Waals surface area contributed by atoms with Gasteiger partial charge in [0, 0.05) is 27.8 Å². The highest BCUT2D eigenvalue weighted by atomic mass is 15.1. The number of para-hydroxylation sites is 1. The van der Waals surface area contributed by atoms with Gasteiger partial charge in [0.05, 0.1) is 5.69 Å². The minimum atomic E-state index is -0.118. The topological polar surface area (TPSA) is 3.24 Å². The van der Waals surface area contributed by atoms with Crippen LogP contribution in [0, 0.1) is 11.8 Å². The summed E-state index contributed by atoms with van der Waals surface area (Å²) in [5.41, 5.74) is 24.8. The quantitative estimate of drug-likeness (QED) is 0.154. The van der Waals surface area contributed by atoms with Gasteiger partial charge in [-0.25, -0.2) is 0 Å². The standard InChI is InChI=1S/C68H53N/c1-67(2)61-30-11-8-24-55(61)60-29-16-28-59(66(60)67)53-22-7-6-21-51(53)46-34-37-49(38-35-46)69(50-39-40-56-54-23-9-12-31-62(54)68(63(56)42-50)43-44-33-36-48(68)41-44)64-32-13-10-25-57(64)58-27-15-20-47-19-14-26-52(65(47)58)45-17-4-3-5-18-45/h3-32,34-35,37-40,42,44,48H,33,36,41,43H2,1-2H3. The van der Waals surface area contributed by atoms with Gasteiger partial charge in [-0.3, -0.25) is 0 Å². The lowest BCUT2D eigenvalue weighted by Gasteiger charge is -2.37. The van der Waals surface area contributed by atoms with Crippen molar-refractivity contribution in [3.05, 3.63) is 247 Å². The van der Waals surface area contributed by atoms with Gasteiger partial charge in [0.2, 0.25) is 0 Å². The Hall–Kier alpha value is -7.74. The molecule has 69 heavy (non-hydrogen) atoms. The summed E-state index contributed by atoms with van der Waals surface area (Å²) >= 11 is 0. The summed E-state index contributed by atoms with van der Waals surface area (Å²) in [5, 5.41) is 2.51. The fourth-order valence-electron chi connectivity index (χ4n) is 14.1. The van der Waals surface area contributed by atoms with Gasteiger partial charge in [0.1, 0.15) is 0 Å². The van der Waals surface area contributed by atoms with E-state index in [-0.39, 0.29) is 10.8 Å². The highest BCUT2D eigenvalue weighted by molar-refractivity contribution is 6.09. The second-order valence-electron chi connectivity index (χ2n) is 20.7. The molecule has 0 amide bonds. The average molecular weight is 884 g/mol. The number of benzene rings is 10. The first-order valence-corrected chi connectivity index (χ1v) is 25.1. The number of fused-ring (bicyclic) bond motifs is 12. The van der Waals surface area contributed by atoms with E-state index in [0.717, 1.165) is 11.6 Å². The Bertz CT molecular complexity index is 3660. The minimum absolute atomic E-state index is 0.0668. The van der Waals surface area contributed by atoms with Gasteiger partial charge in [-0.15, -0.1) is 0 Å². The molecule has 4 aliphatic carbocycles. The predicted molar refractivity (Wildman–Crippen MR) is 290 cm³/mol. The summed E-state index contributed by atoms with van der Waals surface area (Å²) < 4.78 is 0. The molecule has 330 valence electrons. The van der Waals surface area contributed by atoms with Crippen LogP contribution in [-0.4, -0.2) is 0 Å². The number of hydrogen-bond donors (Lipinski definition) is 0. The van der Waals surface area contributed by atoms with Gasteiger partial charge in [-0.1, -0.05) is 214 Å². The zero-order valence-electron chi connectivity index (χ0n) is 39.3. The largest absolute Gasteiger partial charge is 0.310 e. The smallest absolute Gasteiger partial charge is 0.0540 e. The Labute approximate surface area is 406 Å². The van der Waals surface area contributed by atoms with Crippen molar-refractivity contribution in [1.29, 1.82) is 0 Å². The van der Waals surface area contributed by atoms with Crippen molar-refractivity contribution in [3.8, 4) is 66.8 Å². The van der Waals surface area contributed by atoms with Crippen LogP contribution in [0.2, 0.25) is 0 Å². The van der Waals surface area contributed by atoms with Crippen LogP contribution < -0.4 is 4.90 Å². The molecule has 14 rings (SSSR count). The first kappa shape index (κ1) is 40.3. The Morgan fingerprint density at radius 1 is 0.391 bits per heavy atom. The van der Waals surface area contributed by atoms with Gasteiger partial charge >= 0.3 is 0 Å². The highest BCUT2D eigenvalue weighted by Gasteiger charge is 2.56. The Kier molecular flexibility index (Phi) is 9.00. The van der Waals surface area contributed by atoms with Crippen molar-refractivity contribution >= 4 is 27.8 Å². The van der Waals surface area contributed by atoms with Crippen LogP contribution in [-0.2, 0) is 10.8 Å². The molecule has 1 spiro atoms. The second-order valence-corrected chi connectivity index (χ2v) is 20.7. The summed E-state index contributed by atoms with van der Waals surface area (Å²) in [6, 6.07) is 84.7. The maximum atomic E-state index is 2.60. The van der Waals surface area contributed by atoms with Gasteiger partial charge in [0.15, 0.2) is 0 Å². The van der Waals surface area contributed by atoms with E-state index in [4.69, 9.17) is 0 Å². The van der Waals surface area contributed by atoms with E-state index in [1.54, 1.807) is 5.56 Å². The Balaban J connectivity index is 0.953. The van der Waals surface area contributed by atoms with Gasteiger partial charge < -0.3 is 4.90 Å². The molecular weight excluding hydrogens is 831 g/mol. The summed E-state index contributed by atoms with van der Waals surface area (Å²) in [6.45, 7) is 4.78. The van der Waals surface area contributed by atoms with Crippen molar-refractivity contribution in [2.75, 3.05) is 4.90 Å². The zero-order chi connectivity index (χ0) is 45.8. The van der Waals surface area contributed by atoms with Crippen molar-refractivity contribution < 1.29 is 0 Å². The van der Waals surface area contributed by atoms with Crippen LogP contribution in [0.4, 0.5) is 17.1 Å². The monoisotopic (exact) mass is 883 g/mol. The first-order chi connectivity index (χ1) is 34.0. The average Bonchev–Trinajstić information content (AvgIpc) is 4.16. The molecule has 3 unspecified atom stereocenters. The van der Waals surface area contributed by atoms with Crippen LogP contribution in [0.1, 0.15) is 61.8 Å². The zero-order valence-corrected chi connectivity index (χ0v) is 39.3. The van der Waals surface area contributed by atoms with Crippen molar-refractivity contribution in [2.45, 2.75) is 50.4 Å². The molecule has 0 heterocycles. The molecule has 4 aliphatic rings. The van der Waals surface area contributed by atoms with Crippen molar-refractivity contribution in [1.82, 2.24) is 0 Å². The second kappa shape index (κ2) is 15.4. The number of anilines is 3. The lowest BCUT2D eigenvalue weighted by Crippen LogP contribution is -2.32. The molecule has 3 atom stereocenters. The van der Waals surface area contributed by atoms with Crippen LogP contribution in [0.25, 0.3) is 77.5 Å². The molecule has 10 aromatic rings. The van der Waals surface area contributed by atoms with E-state index in [2.05, 4.69) is 243 Å². The van der Waals surface area contributed by atoms with Crippen LogP contribution >= 0.6 is 0 Å². The van der Waals surface area contributed by atoms with E-state index < -0.39 is 0 Å². The maximum absolute atomic E-state index is 2.60. The molecule has 0 aromatic heterocycles. The number of hydrogen-bond acceptors (Lipinski definition) is 1.